The van der Waals surface area contributed by atoms with Gasteiger partial charge in [0.25, 0.3) is 5.91 Å². The van der Waals surface area contributed by atoms with E-state index in [0.29, 0.717) is 35.8 Å². The molecule has 2 amide bonds. The van der Waals surface area contributed by atoms with Gasteiger partial charge in [-0.25, -0.2) is 0 Å². The predicted octanol–water partition coefficient (Wildman–Crippen LogP) is 4.19. The highest BCUT2D eigenvalue weighted by atomic mass is 16.5. The fourth-order valence-electron chi connectivity index (χ4n) is 3.02. The zero-order valence-corrected chi connectivity index (χ0v) is 17.7. The molecule has 0 saturated carbocycles. The van der Waals surface area contributed by atoms with Crippen molar-refractivity contribution in [1.29, 1.82) is 0 Å². The molecule has 0 spiro atoms. The van der Waals surface area contributed by atoms with Crippen molar-refractivity contribution in [2.24, 2.45) is 5.92 Å². The van der Waals surface area contributed by atoms with Crippen molar-refractivity contribution in [3.8, 4) is 11.5 Å². The van der Waals surface area contributed by atoms with Crippen molar-refractivity contribution in [2.45, 2.75) is 40.2 Å². The molecule has 6 heteroatoms. The third-order valence-electron chi connectivity index (χ3n) is 4.45. The summed E-state index contributed by atoms with van der Waals surface area (Å²) >= 11 is 0. The Morgan fingerprint density at radius 3 is 2.41 bits per heavy atom. The van der Waals surface area contributed by atoms with Crippen LogP contribution < -0.4 is 20.1 Å². The fraction of sp³-hybridized carbons (Fsp3) is 0.391. The molecule has 1 atom stereocenters. The van der Waals surface area contributed by atoms with E-state index in [-0.39, 0.29) is 17.7 Å². The number of amides is 2. The summed E-state index contributed by atoms with van der Waals surface area (Å²) in [5.74, 6) is 0.853. The molecule has 0 saturated heterocycles. The second-order valence-electron chi connectivity index (χ2n) is 7.26. The van der Waals surface area contributed by atoms with Gasteiger partial charge in [-0.15, -0.1) is 0 Å². The van der Waals surface area contributed by atoms with E-state index >= 15 is 0 Å². The molecule has 0 fully saturated rings. The number of carbonyl (C=O) groups is 2. The summed E-state index contributed by atoms with van der Waals surface area (Å²) < 4.78 is 10.8. The highest BCUT2D eigenvalue weighted by Gasteiger charge is 2.23. The lowest BCUT2D eigenvalue weighted by atomic mass is 10.0. The number of ether oxygens (including phenoxy) is 2. The molecule has 29 heavy (non-hydrogen) atoms. The first kappa shape index (κ1) is 22.3. The number of nitrogens with one attached hydrogen (secondary N) is 2. The van der Waals surface area contributed by atoms with Gasteiger partial charge in [0.2, 0.25) is 5.91 Å². The standard InChI is InChI=1S/C23H30N2O4/c1-6-29-20-12-11-17(14-21(20)28-5)24-23(27)19(13-15(2)3)25-22(26)18-10-8-7-9-16(18)4/h7-12,14-15,19H,6,13H2,1-5H3,(H,24,27)(H,25,26)/t19-/m0/s1. The van der Waals surface area contributed by atoms with Gasteiger partial charge in [0, 0.05) is 17.3 Å². The average molecular weight is 399 g/mol. The van der Waals surface area contributed by atoms with Gasteiger partial charge in [-0.1, -0.05) is 32.0 Å². The molecular formula is C23H30N2O4. The first-order valence-electron chi connectivity index (χ1n) is 9.83. The maximum atomic E-state index is 12.9. The third kappa shape index (κ3) is 6.24. The van der Waals surface area contributed by atoms with Gasteiger partial charge in [-0.3, -0.25) is 9.59 Å². The maximum absolute atomic E-state index is 12.9. The number of benzene rings is 2. The smallest absolute Gasteiger partial charge is 0.252 e. The summed E-state index contributed by atoms with van der Waals surface area (Å²) in [6.45, 7) is 8.31. The molecule has 156 valence electrons. The van der Waals surface area contributed by atoms with Gasteiger partial charge in [-0.2, -0.15) is 0 Å². The number of hydrogen-bond donors (Lipinski definition) is 2. The van der Waals surface area contributed by atoms with E-state index in [2.05, 4.69) is 10.6 Å². The minimum atomic E-state index is -0.653. The van der Waals surface area contributed by atoms with Crippen LogP contribution in [0.2, 0.25) is 0 Å². The lowest BCUT2D eigenvalue weighted by Gasteiger charge is -2.21. The number of anilines is 1. The van der Waals surface area contributed by atoms with E-state index in [1.165, 1.54) is 0 Å². The minimum Gasteiger partial charge on any atom is -0.493 e. The van der Waals surface area contributed by atoms with E-state index in [1.807, 2.05) is 45.9 Å². The van der Waals surface area contributed by atoms with Crippen LogP contribution in [0, 0.1) is 12.8 Å². The monoisotopic (exact) mass is 398 g/mol. The van der Waals surface area contributed by atoms with Crippen LogP contribution in [0.1, 0.15) is 43.1 Å². The zero-order chi connectivity index (χ0) is 21.4. The van der Waals surface area contributed by atoms with Crippen molar-refractivity contribution in [3.63, 3.8) is 0 Å². The Kier molecular flexibility index (Phi) is 8.07. The first-order valence-corrected chi connectivity index (χ1v) is 9.83. The van der Waals surface area contributed by atoms with Crippen molar-refractivity contribution >= 4 is 17.5 Å². The molecule has 2 rings (SSSR count). The van der Waals surface area contributed by atoms with Gasteiger partial charge >= 0.3 is 0 Å². The summed E-state index contributed by atoms with van der Waals surface area (Å²) in [7, 11) is 1.55. The lowest BCUT2D eigenvalue weighted by molar-refractivity contribution is -0.118. The van der Waals surface area contributed by atoms with E-state index < -0.39 is 6.04 Å². The van der Waals surface area contributed by atoms with Crippen molar-refractivity contribution in [2.75, 3.05) is 19.0 Å². The Hall–Kier alpha value is -3.02. The number of carbonyl (C=O) groups excluding carboxylic acids is 2. The Bertz CT molecular complexity index is 849. The van der Waals surface area contributed by atoms with Crippen LogP contribution in [0.5, 0.6) is 11.5 Å². The first-order chi connectivity index (χ1) is 13.8. The van der Waals surface area contributed by atoms with Crippen molar-refractivity contribution < 1.29 is 19.1 Å². The number of aryl methyl sites for hydroxylation is 1. The van der Waals surface area contributed by atoms with E-state index in [4.69, 9.17) is 9.47 Å². The second-order valence-corrected chi connectivity index (χ2v) is 7.26. The molecule has 2 aromatic carbocycles. The summed E-state index contributed by atoms with van der Waals surface area (Å²) in [5, 5.41) is 5.75. The molecule has 0 aliphatic rings. The fourth-order valence-corrected chi connectivity index (χ4v) is 3.02. The zero-order valence-electron chi connectivity index (χ0n) is 17.7. The van der Waals surface area contributed by atoms with Crippen LogP contribution in [-0.2, 0) is 4.79 Å². The molecule has 0 aliphatic carbocycles. The molecular weight excluding hydrogens is 368 g/mol. The van der Waals surface area contributed by atoms with E-state index in [1.54, 1.807) is 31.4 Å². The molecule has 0 unspecified atom stereocenters. The van der Waals surface area contributed by atoms with Gasteiger partial charge < -0.3 is 20.1 Å². The highest BCUT2D eigenvalue weighted by molar-refractivity contribution is 6.01. The van der Waals surface area contributed by atoms with Crippen LogP contribution in [0.3, 0.4) is 0 Å². The Morgan fingerprint density at radius 1 is 1.07 bits per heavy atom. The number of methoxy groups -OCH3 is 1. The van der Waals surface area contributed by atoms with Gasteiger partial charge in [-0.05, 0) is 49.9 Å². The van der Waals surface area contributed by atoms with E-state index in [0.717, 1.165) is 5.56 Å². The van der Waals surface area contributed by atoms with Crippen LogP contribution in [0.25, 0.3) is 0 Å². The van der Waals surface area contributed by atoms with Crippen LogP contribution in [-0.4, -0.2) is 31.6 Å². The Morgan fingerprint density at radius 2 is 1.79 bits per heavy atom. The Balaban J connectivity index is 2.16. The number of hydrogen-bond acceptors (Lipinski definition) is 4. The molecule has 0 bridgehead atoms. The third-order valence-corrected chi connectivity index (χ3v) is 4.45. The maximum Gasteiger partial charge on any atom is 0.252 e. The van der Waals surface area contributed by atoms with Crippen molar-refractivity contribution in [3.05, 3.63) is 53.6 Å². The largest absolute Gasteiger partial charge is 0.493 e. The molecule has 0 aliphatic heterocycles. The Labute approximate surface area is 172 Å². The summed E-state index contributed by atoms with van der Waals surface area (Å²) in [6, 6.07) is 11.9. The molecule has 0 aromatic heterocycles. The lowest BCUT2D eigenvalue weighted by Crippen LogP contribution is -2.44. The second kappa shape index (κ2) is 10.5. The topological polar surface area (TPSA) is 76.7 Å². The summed E-state index contributed by atoms with van der Waals surface area (Å²) in [6.07, 6.45) is 0.525. The summed E-state index contributed by atoms with van der Waals surface area (Å²) in [4.78, 5) is 25.6. The SMILES string of the molecule is CCOc1ccc(NC(=O)[C@H](CC(C)C)NC(=O)c2ccccc2C)cc1OC. The number of rotatable bonds is 9. The normalized spacial score (nSPS) is 11.7. The van der Waals surface area contributed by atoms with Crippen molar-refractivity contribution in [1.82, 2.24) is 5.32 Å². The quantitative estimate of drug-likeness (QED) is 0.664. The molecule has 6 nitrogen and oxygen atoms in total. The highest BCUT2D eigenvalue weighted by Crippen LogP contribution is 2.30. The average Bonchev–Trinajstić information content (AvgIpc) is 2.68. The van der Waals surface area contributed by atoms with Crippen LogP contribution >= 0.6 is 0 Å². The van der Waals surface area contributed by atoms with E-state index in [9.17, 15) is 9.59 Å². The van der Waals surface area contributed by atoms with Gasteiger partial charge in [0.05, 0.1) is 13.7 Å². The molecule has 0 radical (unpaired) electrons. The minimum absolute atomic E-state index is 0.234. The van der Waals surface area contributed by atoms with Gasteiger partial charge in [0.1, 0.15) is 6.04 Å². The van der Waals surface area contributed by atoms with Crippen LogP contribution in [0.4, 0.5) is 5.69 Å². The molecule has 2 aromatic rings. The summed E-state index contributed by atoms with van der Waals surface area (Å²) in [5.41, 5.74) is 2.01. The predicted molar refractivity (Wildman–Crippen MR) is 115 cm³/mol. The van der Waals surface area contributed by atoms with Crippen LogP contribution in [0.15, 0.2) is 42.5 Å². The molecule has 2 N–H and O–H groups in total. The molecule has 0 heterocycles. The van der Waals surface area contributed by atoms with Gasteiger partial charge in [0.15, 0.2) is 11.5 Å².